The van der Waals surface area contributed by atoms with Crippen LogP contribution in [0.15, 0.2) is 24.3 Å². The van der Waals surface area contributed by atoms with E-state index >= 15 is 0 Å². The van der Waals surface area contributed by atoms with Gasteiger partial charge in [-0.1, -0.05) is 19.1 Å². The summed E-state index contributed by atoms with van der Waals surface area (Å²) in [6.07, 6.45) is 2.47. The summed E-state index contributed by atoms with van der Waals surface area (Å²) in [5.41, 5.74) is 0.557. The third-order valence-electron chi connectivity index (χ3n) is 5.32. The Labute approximate surface area is 147 Å². The first kappa shape index (κ1) is 17.5. The highest BCUT2D eigenvalue weighted by molar-refractivity contribution is 6.06. The van der Waals surface area contributed by atoms with E-state index in [9.17, 15) is 14.4 Å². The number of hydrogen-bond acceptors (Lipinski definition) is 4. The minimum absolute atomic E-state index is 0.0608. The number of amides is 3. The first-order chi connectivity index (χ1) is 11.9. The van der Waals surface area contributed by atoms with Crippen LogP contribution in [0.5, 0.6) is 5.75 Å². The molecule has 6 heteroatoms. The maximum absolute atomic E-state index is 12.8. The summed E-state index contributed by atoms with van der Waals surface area (Å²) >= 11 is 0. The Hall–Kier alpha value is -2.37. The number of ether oxygens (including phenoxy) is 1. The standard InChI is InChI=1S/C19H24N2O4/c1-12-8-9-14-15(10-12)19(24)21(18(14)23)11-20(13(2)22)16-6-4-5-7-17(16)25-3/h4-7,12,14-15H,8-11H2,1-3H3/t12-,14+,15+/m1/s1. The monoisotopic (exact) mass is 344 g/mol. The Kier molecular flexibility index (Phi) is 4.79. The third-order valence-corrected chi connectivity index (χ3v) is 5.32. The van der Waals surface area contributed by atoms with Gasteiger partial charge in [-0.2, -0.15) is 0 Å². The molecule has 1 saturated heterocycles. The van der Waals surface area contributed by atoms with Crippen LogP contribution in [0.4, 0.5) is 5.69 Å². The second-order valence-electron chi connectivity index (χ2n) is 7.00. The lowest BCUT2D eigenvalue weighted by atomic mass is 9.76. The number of nitrogens with zero attached hydrogens (tertiary/aromatic N) is 2. The lowest BCUT2D eigenvalue weighted by Gasteiger charge is -2.27. The van der Waals surface area contributed by atoms with Crippen molar-refractivity contribution in [1.82, 2.24) is 4.90 Å². The fraction of sp³-hybridized carbons (Fsp3) is 0.526. The SMILES string of the molecule is COc1ccccc1N(CN1C(=O)[C@H]2CC[C@@H](C)C[C@@H]2C1=O)C(C)=O. The summed E-state index contributed by atoms with van der Waals surface area (Å²) in [6, 6.07) is 7.10. The minimum atomic E-state index is -0.242. The van der Waals surface area contributed by atoms with Gasteiger partial charge in [-0.15, -0.1) is 0 Å². The van der Waals surface area contributed by atoms with E-state index in [0.29, 0.717) is 17.4 Å². The van der Waals surface area contributed by atoms with E-state index in [1.807, 2.05) is 6.07 Å². The van der Waals surface area contributed by atoms with Crippen LogP contribution in [-0.4, -0.2) is 36.4 Å². The molecule has 1 aromatic carbocycles. The molecule has 1 aromatic rings. The quantitative estimate of drug-likeness (QED) is 0.787. The Morgan fingerprint density at radius 3 is 2.56 bits per heavy atom. The second-order valence-corrected chi connectivity index (χ2v) is 7.00. The van der Waals surface area contributed by atoms with Crippen LogP contribution >= 0.6 is 0 Å². The van der Waals surface area contributed by atoms with Gasteiger partial charge in [-0.3, -0.25) is 24.2 Å². The van der Waals surface area contributed by atoms with Gasteiger partial charge in [-0.25, -0.2) is 0 Å². The Balaban J connectivity index is 1.87. The number of carbonyl (C=O) groups excluding carboxylic acids is 3. The Bertz CT molecular complexity index is 702. The zero-order valence-electron chi connectivity index (χ0n) is 14.9. The summed E-state index contributed by atoms with van der Waals surface area (Å²) in [5, 5.41) is 0. The lowest BCUT2D eigenvalue weighted by molar-refractivity contribution is -0.140. The van der Waals surface area contributed by atoms with E-state index < -0.39 is 0 Å². The minimum Gasteiger partial charge on any atom is -0.495 e. The van der Waals surface area contributed by atoms with Gasteiger partial charge < -0.3 is 4.74 Å². The van der Waals surface area contributed by atoms with Gasteiger partial charge in [0.05, 0.1) is 24.6 Å². The number of benzene rings is 1. The van der Waals surface area contributed by atoms with Crippen molar-refractivity contribution < 1.29 is 19.1 Å². The number of anilines is 1. The van der Waals surface area contributed by atoms with Crippen molar-refractivity contribution in [3.63, 3.8) is 0 Å². The first-order valence-electron chi connectivity index (χ1n) is 8.70. The molecule has 1 heterocycles. The number of hydrogen-bond donors (Lipinski definition) is 0. The number of carbonyl (C=O) groups is 3. The molecular formula is C19H24N2O4. The zero-order chi connectivity index (χ0) is 18.1. The second kappa shape index (κ2) is 6.86. The van der Waals surface area contributed by atoms with Crippen LogP contribution in [0, 0.1) is 17.8 Å². The highest BCUT2D eigenvalue weighted by Gasteiger charge is 2.50. The molecule has 0 N–H and O–H groups in total. The van der Waals surface area contributed by atoms with Gasteiger partial charge in [0.2, 0.25) is 17.7 Å². The van der Waals surface area contributed by atoms with Crippen molar-refractivity contribution in [1.29, 1.82) is 0 Å². The molecule has 1 aliphatic heterocycles. The molecule has 2 fully saturated rings. The summed E-state index contributed by atoms with van der Waals surface area (Å²) < 4.78 is 5.32. The number of fused-ring (bicyclic) bond motifs is 1. The molecule has 3 amide bonds. The molecule has 6 nitrogen and oxygen atoms in total. The van der Waals surface area contributed by atoms with Crippen molar-refractivity contribution >= 4 is 23.4 Å². The van der Waals surface area contributed by atoms with Gasteiger partial charge in [0, 0.05) is 6.92 Å². The number of imide groups is 1. The van der Waals surface area contributed by atoms with Crippen molar-refractivity contribution in [3.8, 4) is 5.75 Å². The van der Waals surface area contributed by atoms with Crippen molar-refractivity contribution in [2.45, 2.75) is 33.1 Å². The lowest BCUT2D eigenvalue weighted by Crippen LogP contribution is -2.44. The van der Waals surface area contributed by atoms with Crippen LogP contribution in [0.25, 0.3) is 0 Å². The molecule has 0 spiro atoms. The molecule has 134 valence electrons. The molecule has 1 saturated carbocycles. The van der Waals surface area contributed by atoms with Gasteiger partial charge in [0.15, 0.2) is 0 Å². The summed E-state index contributed by atoms with van der Waals surface area (Å²) in [4.78, 5) is 40.4. The van der Waals surface area contributed by atoms with Crippen LogP contribution in [-0.2, 0) is 14.4 Å². The molecule has 0 radical (unpaired) electrons. The van der Waals surface area contributed by atoms with Gasteiger partial charge in [0.25, 0.3) is 0 Å². The van der Waals surface area contributed by atoms with E-state index in [2.05, 4.69) is 6.92 Å². The van der Waals surface area contributed by atoms with Gasteiger partial charge >= 0.3 is 0 Å². The molecule has 3 atom stereocenters. The number of rotatable bonds is 4. The van der Waals surface area contributed by atoms with E-state index in [-0.39, 0.29) is 36.2 Å². The summed E-state index contributed by atoms with van der Waals surface area (Å²) in [5.74, 6) is -0.0177. The number of methoxy groups -OCH3 is 1. The largest absolute Gasteiger partial charge is 0.495 e. The predicted molar refractivity (Wildman–Crippen MR) is 92.9 cm³/mol. The molecule has 0 bridgehead atoms. The fourth-order valence-corrected chi connectivity index (χ4v) is 3.94. The average Bonchev–Trinajstić information content (AvgIpc) is 2.83. The maximum Gasteiger partial charge on any atom is 0.234 e. The van der Waals surface area contributed by atoms with Crippen LogP contribution in [0.2, 0.25) is 0 Å². The third kappa shape index (κ3) is 3.13. The molecule has 3 rings (SSSR count). The van der Waals surface area contributed by atoms with E-state index in [0.717, 1.165) is 19.3 Å². The van der Waals surface area contributed by atoms with E-state index in [1.54, 1.807) is 18.2 Å². The zero-order valence-corrected chi connectivity index (χ0v) is 14.9. The van der Waals surface area contributed by atoms with E-state index in [4.69, 9.17) is 4.74 Å². The van der Waals surface area contributed by atoms with Crippen LogP contribution in [0.1, 0.15) is 33.1 Å². The van der Waals surface area contributed by atoms with Crippen LogP contribution in [0.3, 0.4) is 0 Å². The average molecular weight is 344 g/mol. The number of likely N-dealkylation sites (tertiary alicyclic amines) is 1. The smallest absolute Gasteiger partial charge is 0.234 e. The predicted octanol–water partition coefficient (Wildman–Crippen LogP) is 2.43. The Morgan fingerprint density at radius 2 is 1.88 bits per heavy atom. The topological polar surface area (TPSA) is 66.9 Å². The van der Waals surface area contributed by atoms with Crippen molar-refractivity contribution in [2.75, 3.05) is 18.7 Å². The maximum atomic E-state index is 12.8. The Morgan fingerprint density at radius 1 is 1.20 bits per heavy atom. The van der Waals surface area contributed by atoms with Crippen molar-refractivity contribution in [2.24, 2.45) is 17.8 Å². The van der Waals surface area contributed by atoms with E-state index in [1.165, 1.54) is 23.8 Å². The molecule has 25 heavy (non-hydrogen) atoms. The summed E-state index contributed by atoms with van der Waals surface area (Å²) in [6.45, 7) is 3.48. The van der Waals surface area contributed by atoms with Gasteiger partial charge in [0.1, 0.15) is 12.4 Å². The molecular weight excluding hydrogens is 320 g/mol. The fourth-order valence-electron chi connectivity index (χ4n) is 3.94. The van der Waals surface area contributed by atoms with Crippen LogP contribution < -0.4 is 9.64 Å². The highest BCUT2D eigenvalue weighted by Crippen LogP contribution is 2.41. The first-order valence-corrected chi connectivity index (χ1v) is 8.70. The van der Waals surface area contributed by atoms with Gasteiger partial charge in [-0.05, 0) is 37.3 Å². The normalized spacial score (nSPS) is 25.7. The molecule has 0 unspecified atom stereocenters. The highest BCUT2D eigenvalue weighted by atomic mass is 16.5. The molecule has 0 aromatic heterocycles. The van der Waals surface area contributed by atoms with Crippen molar-refractivity contribution in [3.05, 3.63) is 24.3 Å². The number of para-hydroxylation sites is 2. The molecule has 1 aliphatic carbocycles. The molecule has 2 aliphatic rings. The summed E-state index contributed by atoms with van der Waals surface area (Å²) in [7, 11) is 1.53.